The Labute approximate surface area is 196 Å². The van der Waals surface area contributed by atoms with Crippen LogP contribution in [0.3, 0.4) is 0 Å². The van der Waals surface area contributed by atoms with Crippen molar-refractivity contribution >= 4 is 5.78 Å². The van der Waals surface area contributed by atoms with Gasteiger partial charge in [0.25, 0.3) is 0 Å². The summed E-state index contributed by atoms with van der Waals surface area (Å²) in [6.07, 6.45) is 6.42. The van der Waals surface area contributed by atoms with E-state index < -0.39 is 0 Å². The molecule has 1 atom stereocenters. The van der Waals surface area contributed by atoms with Crippen molar-refractivity contribution in [2.24, 2.45) is 5.73 Å². The number of carbonyl (C=O) groups excluding carboxylic acids is 1. The minimum Gasteiger partial charge on any atom is -0.494 e. The van der Waals surface area contributed by atoms with Gasteiger partial charge in [0.1, 0.15) is 11.5 Å². The monoisotopic (exact) mass is 453 g/mol. The molecule has 0 saturated carbocycles. The predicted octanol–water partition coefficient (Wildman–Crippen LogP) is 5.48. The molecule has 0 saturated heterocycles. The molecule has 0 aliphatic rings. The van der Waals surface area contributed by atoms with E-state index in [0.717, 1.165) is 56.6 Å². The summed E-state index contributed by atoms with van der Waals surface area (Å²) in [6, 6.07) is 8.06. The van der Waals surface area contributed by atoms with Crippen LogP contribution >= 0.6 is 0 Å². The summed E-state index contributed by atoms with van der Waals surface area (Å²) in [7, 11) is 0. The summed E-state index contributed by atoms with van der Waals surface area (Å²) in [5, 5.41) is 0. The van der Waals surface area contributed by atoms with E-state index in [1.165, 1.54) is 0 Å². The number of ether oxygens (including phenoxy) is 4. The highest BCUT2D eigenvalue weighted by Crippen LogP contribution is 2.16. The maximum absolute atomic E-state index is 11.3. The molecule has 0 heterocycles. The lowest BCUT2D eigenvalue weighted by molar-refractivity contribution is -0.120. The molecular formula is C26H47NO5. The number of rotatable bonds is 20. The molecule has 0 aromatic heterocycles. The van der Waals surface area contributed by atoms with Crippen LogP contribution in [0.2, 0.25) is 0 Å². The zero-order valence-electron chi connectivity index (χ0n) is 20.9. The molecule has 2 N–H and O–H groups in total. The fourth-order valence-electron chi connectivity index (χ4n) is 2.85. The van der Waals surface area contributed by atoms with Gasteiger partial charge < -0.3 is 24.7 Å². The van der Waals surface area contributed by atoms with Crippen molar-refractivity contribution in [1.82, 2.24) is 0 Å². The number of ketones is 1. The largest absolute Gasteiger partial charge is 0.494 e. The van der Waals surface area contributed by atoms with Crippen molar-refractivity contribution in [3.8, 4) is 5.75 Å². The van der Waals surface area contributed by atoms with Gasteiger partial charge in [-0.25, -0.2) is 0 Å². The minimum absolute atomic E-state index is 0.0556. The third-order valence-corrected chi connectivity index (χ3v) is 4.66. The Morgan fingerprint density at radius 2 is 1.31 bits per heavy atom. The SMILES string of the molecule is CC.CCCC(=O)CCOCCOCCOCCCCCCOc1ccc(C(C)N)cc1. The smallest absolute Gasteiger partial charge is 0.135 e. The Morgan fingerprint density at radius 1 is 0.781 bits per heavy atom. The Balaban J connectivity index is 0.00000466. The van der Waals surface area contributed by atoms with E-state index in [2.05, 4.69) is 0 Å². The summed E-state index contributed by atoms with van der Waals surface area (Å²) in [4.78, 5) is 11.3. The van der Waals surface area contributed by atoms with E-state index >= 15 is 0 Å². The second-order valence-electron chi connectivity index (χ2n) is 7.50. The first-order valence-electron chi connectivity index (χ1n) is 12.4. The molecule has 0 bridgehead atoms. The van der Waals surface area contributed by atoms with Crippen LogP contribution in [-0.4, -0.2) is 52.0 Å². The average molecular weight is 454 g/mol. The standard InChI is InChI=1S/C24H41NO5.C2H6/c1-3-8-23(26)13-16-28-18-20-29-19-17-27-14-6-4-5-7-15-30-24-11-9-22(10-12-24)21(2)25;1-2/h9-12,21H,3-8,13-20,25H2,1-2H3;1-2H3. The summed E-state index contributed by atoms with van der Waals surface area (Å²) in [5.74, 6) is 1.17. The van der Waals surface area contributed by atoms with Crippen LogP contribution in [-0.2, 0) is 19.0 Å². The highest BCUT2D eigenvalue weighted by atomic mass is 16.5. The molecule has 6 heteroatoms. The molecule has 0 radical (unpaired) electrons. The van der Waals surface area contributed by atoms with Gasteiger partial charge in [-0.2, -0.15) is 0 Å². The molecule has 186 valence electrons. The van der Waals surface area contributed by atoms with Crippen LogP contribution in [0.1, 0.15) is 84.2 Å². The highest BCUT2D eigenvalue weighted by molar-refractivity contribution is 5.78. The predicted molar refractivity (Wildman–Crippen MR) is 131 cm³/mol. The van der Waals surface area contributed by atoms with Gasteiger partial charge in [0.05, 0.1) is 39.6 Å². The van der Waals surface area contributed by atoms with E-state index in [1.54, 1.807) is 0 Å². The van der Waals surface area contributed by atoms with Crippen molar-refractivity contribution in [2.45, 2.75) is 78.7 Å². The quantitative estimate of drug-likeness (QED) is 0.263. The van der Waals surface area contributed by atoms with E-state index in [0.29, 0.717) is 45.9 Å². The number of Topliss-reactive ketones (excluding diaryl/α,β-unsaturated/α-hetero) is 1. The van der Waals surface area contributed by atoms with Crippen molar-refractivity contribution in [3.63, 3.8) is 0 Å². The van der Waals surface area contributed by atoms with Gasteiger partial charge >= 0.3 is 0 Å². The Kier molecular flexibility index (Phi) is 21.7. The molecule has 0 amide bonds. The van der Waals surface area contributed by atoms with Crippen molar-refractivity contribution < 1.29 is 23.7 Å². The van der Waals surface area contributed by atoms with Gasteiger partial charge in [0.2, 0.25) is 0 Å². The summed E-state index contributed by atoms with van der Waals surface area (Å²) < 4.78 is 22.2. The van der Waals surface area contributed by atoms with E-state index in [1.807, 2.05) is 52.0 Å². The van der Waals surface area contributed by atoms with Gasteiger partial charge in [0, 0.05) is 25.5 Å². The van der Waals surface area contributed by atoms with Crippen LogP contribution in [0.15, 0.2) is 24.3 Å². The highest BCUT2D eigenvalue weighted by Gasteiger charge is 2.01. The molecule has 1 rings (SSSR count). The lowest BCUT2D eigenvalue weighted by atomic mass is 10.1. The first-order chi connectivity index (χ1) is 15.6. The number of benzene rings is 1. The summed E-state index contributed by atoms with van der Waals surface area (Å²) in [6.45, 7) is 12.2. The molecule has 0 aliphatic heterocycles. The first-order valence-corrected chi connectivity index (χ1v) is 12.4. The zero-order chi connectivity index (χ0) is 23.9. The maximum Gasteiger partial charge on any atom is 0.135 e. The Hall–Kier alpha value is -1.47. The van der Waals surface area contributed by atoms with Crippen molar-refractivity contribution in [2.75, 3.05) is 46.2 Å². The molecule has 0 aliphatic carbocycles. The van der Waals surface area contributed by atoms with Crippen LogP contribution in [0, 0.1) is 0 Å². The third kappa shape index (κ3) is 18.1. The van der Waals surface area contributed by atoms with Crippen molar-refractivity contribution in [3.05, 3.63) is 29.8 Å². The maximum atomic E-state index is 11.3. The fraction of sp³-hybridized carbons (Fsp3) is 0.731. The van der Waals surface area contributed by atoms with Gasteiger partial charge in [0.15, 0.2) is 0 Å². The lowest BCUT2D eigenvalue weighted by Gasteiger charge is -2.09. The number of carbonyl (C=O) groups is 1. The van der Waals surface area contributed by atoms with Crippen LogP contribution in [0.25, 0.3) is 0 Å². The fourth-order valence-corrected chi connectivity index (χ4v) is 2.85. The molecule has 1 aromatic rings. The second-order valence-corrected chi connectivity index (χ2v) is 7.50. The van der Waals surface area contributed by atoms with Gasteiger partial charge in [-0.1, -0.05) is 39.3 Å². The molecule has 1 aromatic carbocycles. The molecular weight excluding hydrogens is 406 g/mol. The number of nitrogens with two attached hydrogens (primary N) is 1. The minimum atomic E-state index is 0.0556. The zero-order valence-corrected chi connectivity index (χ0v) is 20.9. The number of unbranched alkanes of at least 4 members (excludes halogenated alkanes) is 3. The van der Waals surface area contributed by atoms with E-state index in [9.17, 15) is 4.79 Å². The Bertz CT molecular complexity index is 534. The van der Waals surface area contributed by atoms with Crippen LogP contribution in [0.5, 0.6) is 5.75 Å². The van der Waals surface area contributed by atoms with E-state index in [4.69, 9.17) is 24.7 Å². The van der Waals surface area contributed by atoms with Crippen molar-refractivity contribution in [1.29, 1.82) is 0 Å². The summed E-state index contributed by atoms with van der Waals surface area (Å²) in [5.41, 5.74) is 6.97. The van der Waals surface area contributed by atoms with Crippen LogP contribution < -0.4 is 10.5 Å². The lowest BCUT2D eigenvalue weighted by Crippen LogP contribution is -2.11. The molecule has 6 nitrogen and oxygen atoms in total. The third-order valence-electron chi connectivity index (χ3n) is 4.66. The normalized spacial score (nSPS) is 11.5. The van der Waals surface area contributed by atoms with Crippen LogP contribution in [0.4, 0.5) is 0 Å². The van der Waals surface area contributed by atoms with Gasteiger partial charge in [-0.05, 0) is 50.3 Å². The first kappa shape index (κ1) is 30.5. The Morgan fingerprint density at radius 3 is 1.88 bits per heavy atom. The second kappa shape index (κ2) is 22.7. The number of hydrogen-bond donors (Lipinski definition) is 1. The van der Waals surface area contributed by atoms with Gasteiger partial charge in [-0.3, -0.25) is 4.79 Å². The van der Waals surface area contributed by atoms with E-state index in [-0.39, 0.29) is 11.8 Å². The molecule has 0 fully saturated rings. The topological polar surface area (TPSA) is 80.0 Å². The number of hydrogen-bond acceptors (Lipinski definition) is 6. The molecule has 32 heavy (non-hydrogen) atoms. The summed E-state index contributed by atoms with van der Waals surface area (Å²) >= 11 is 0. The molecule has 0 spiro atoms. The average Bonchev–Trinajstić information content (AvgIpc) is 2.80. The molecule has 1 unspecified atom stereocenters. The van der Waals surface area contributed by atoms with Gasteiger partial charge in [-0.15, -0.1) is 0 Å².